The summed E-state index contributed by atoms with van der Waals surface area (Å²) >= 11 is 0. The summed E-state index contributed by atoms with van der Waals surface area (Å²) < 4.78 is 11.2. The van der Waals surface area contributed by atoms with Crippen LogP contribution in [0.15, 0.2) is 54.6 Å². The monoisotopic (exact) mass is 325 g/mol. The number of methoxy groups -OCH3 is 1. The molecule has 2 aromatic carbocycles. The van der Waals surface area contributed by atoms with Gasteiger partial charge in [0.05, 0.1) is 19.8 Å². The van der Waals surface area contributed by atoms with Gasteiger partial charge in [-0.15, -0.1) is 0 Å². The maximum atomic E-state index is 11.8. The molecule has 2 aromatic rings. The summed E-state index contributed by atoms with van der Waals surface area (Å²) in [6.07, 6.45) is 0.787. The van der Waals surface area contributed by atoms with Gasteiger partial charge >= 0.3 is 0 Å². The molecule has 0 saturated carbocycles. The van der Waals surface area contributed by atoms with Crippen molar-refractivity contribution in [3.05, 3.63) is 65.7 Å². The first kappa shape index (κ1) is 16.7. The van der Waals surface area contributed by atoms with Gasteiger partial charge in [-0.05, 0) is 30.2 Å². The van der Waals surface area contributed by atoms with E-state index >= 15 is 0 Å². The largest absolute Gasteiger partial charge is 0.497 e. The van der Waals surface area contributed by atoms with Crippen molar-refractivity contribution in [2.75, 3.05) is 13.7 Å². The van der Waals surface area contributed by atoms with Gasteiger partial charge in [-0.2, -0.15) is 0 Å². The summed E-state index contributed by atoms with van der Waals surface area (Å²) in [4.78, 5) is 14.1. The number of nitrogens with zero attached hydrogens (tertiary/aromatic N) is 1. The molecule has 0 aliphatic carbocycles. The molecule has 0 N–H and O–H groups in total. The highest BCUT2D eigenvalue weighted by Crippen LogP contribution is 2.31. The summed E-state index contributed by atoms with van der Waals surface area (Å²) in [7, 11) is 1.66. The van der Waals surface area contributed by atoms with E-state index in [4.69, 9.17) is 9.47 Å². The fourth-order valence-corrected chi connectivity index (χ4v) is 3.19. The minimum atomic E-state index is -0.293. The number of morpholine rings is 1. The SMILES string of the molecule is COc1ccc(CN2C(C)COC(c3ccccc3)C2C=O)cc1. The van der Waals surface area contributed by atoms with Crippen molar-refractivity contribution in [2.45, 2.75) is 31.7 Å². The summed E-state index contributed by atoms with van der Waals surface area (Å²) in [6, 6.07) is 17.8. The summed E-state index contributed by atoms with van der Waals surface area (Å²) in [5.41, 5.74) is 2.20. The molecule has 0 radical (unpaired) electrons. The molecule has 4 nitrogen and oxygen atoms in total. The topological polar surface area (TPSA) is 38.8 Å². The first-order valence-corrected chi connectivity index (χ1v) is 8.23. The Kier molecular flexibility index (Phi) is 5.28. The lowest BCUT2D eigenvalue weighted by Crippen LogP contribution is -2.52. The molecule has 3 atom stereocenters. The van der Waals surface area contributed by atoms with Gasteiger partial charge in [-0.3, -0.25) is 4.90 Å². The van der Waals surface area contributed by atoms with Crippen LogP contribution >= 0.6 is 0 Å². The summed E-state index contributed by atoms with van der Waals surface area (Å²) in [5.74, 6) is 0.836. The van der Waals surface area contributed by atoms with Crippen LogP contribution in [0.4, 0.5) is 0 Å². The van der Waals surface area contributed by atoms with E-state index in [1.165, 1.54) is 0 Å². The van der Waals surface area contributed by atoms with Gasteiger partial charge in [0.1, 0.15) is 18.1 Å². The Morgan fingerprint density at radius 3 is 2.50 bits per heavy atom. The second-order valence-corrected chi connectivity index (χ2v) is 6.16. The highest BCUT2D eigenvalue weighted by Gasteiger charge is 2.36. The van der Waals surface area contributed by atoms with Crippen LogP contribution in [0.2, 0.25) is 0 Å². The van der Waals surface area contributed by atoms with Crippen LogP contribution in [0.25, 0.3) is 0 Å². The number of carbonyl (C=O) groups is 1. The highest BCUT2D eigenvalue weighted by molar-refractivity contribution is 5.60. The van der Waals surface area contributed by atoms with Gasteiger partial charge in [-0.1, -0.05) is 42.5 Å². The molecule has 3 rings (SSSR count). The molecule has 1 aliphatic heterocycles. The predicted octanol–water partition coefficient (Wildman–Crippen LogP) is 3.22. The number of benzene rings is 2. The number of aldehydes is 1. The van der Waals surface area contributed by atoms with E-state index in [1.54, 1.807) is 7.11 Å². The van der Waals surface area contributed by atoms with Crippen LogP contribution in [-0.2, 0) is 16.1 Å². The second-order valence-electron chi connectivity index (χ2n) is 6.16. The molecule has 0 spiro atoms. The highest BCUT2D eigenvalue weighted by atomic mass is 16.5. The van der Waals surface area contributed by atoms with E-state index in [1.807, 2.05) is 54.6 Å². The lowest BCUT2D eigenvalue weighted by atomic mass is 9.97. The van der Waals surface area contributed by atoms with Crippen molar-refractivity contribution in [3.63, 3.8) is 0 Å². The van der Waals surface area contributed by atoms with Gasteiger partial charge in [0, 0.05) is 12.6 Å². The maximum absolute atomic E-state index is 11.8. The molecule has 126 valence electrons. The van der Waals surface area contributed by atoms with Crippen molar-refractivity contribution in [1.82, 2.24) is 4.90 Å². The number of rotatable bonds is 5. The van der Waals surface area contributed by atoms with Crippen LogP contribution in [0.1, 0.15) is 24.2 Å². The lowest BCUT2D eigenvalue weighted by Gasteiger charge is -2.43. The van der Waals surface area contributed by atoms with E-state index in [-0.39, 0.29) is 18.2 Å². The molecule has 4 heteroatoms. The van der Waals surface area contributed by atoms with E-state index in [0.717, 1.165) is 23.2 Å². The standard InChI is InChI=1S/C20H23NO3/c1-15-14-24-20(17-6-4-3-5-7-17)19(13-22)21(15)12-16-8-10-18(23-2)11-9-16/h3-11,13,15,19-20H,12,14H2,1-2H3. The molecule has 1 fully saturated rings. The Morgan fingerprint density at radius 1 is 1.17 bits per heavy atom. The van der Waals surface area contributed by atoms with Gasteiger partial charge in [0.2, 0.25) is 0 Å². The third kappa shape index (κ3) is 3.50. The Bertz CT molecular complexity index is 656. The fraction of sp³-hybridized carbons (Fsp3) is 0.350. The van der Waals surface area contributed by atoms with E-state index in [0.29, 0.717) is 13.2 Å². The average molecular weight is 325 g/mol. The quantitative estimate of drug-likeness (QED) is 0.791. The van der Waals surface area contributed by atoms with Gasteiger partial charge < -0.3 is 14.3 Å². The number of hydrogen-bond acceptors (Lipinski definition) is 4. The van der Waals surface area contributed by atoms with Crippen LogP contribution < -0.4 is 4.74 Å². The molecule has 3 unspecified atom stereocenters. The predicted molar refractivity (Wildman–Crippen MR) is 93.0 cm³/mol. The van der Waals surface area contributed by atoms with Crippen molar-refractivity contribution in [1.29, 1.82) is 0 Å². The van der Waals surface area contributed by atoms with Gasteiger partial charge in [0.25, 0.3) is 0 Å². The zero-order chi connectivity index (χ0) is 16.9. The molecule has 1 aliphatic rings. The molecule has 0 amide bonds. The Morgan fingerprint density at radius 2 is 1.88 bits per heavy atom. The number of ether oxygens (including phenoxy) is 2. The smallest absolute Gasteiger partial charge is 0.140 e. The minimum absolute atomic E-state index is 0.183. The third-order valence-corrected chi connectivity index (χ3v) is 4.57. The Balaban J connectivity index is 1.82. The number of carbonyl (C=O) groups excluding carboxylic acids is 1. The minimum Gasteiger partial charge on any atom is -0.497 e. The third-order valence-electron chi connectivity index (χ3n) is 4.57. The maximum Gasteiger partial charge on any atom is 0.140 e. The lowest BCUT2D eigenvalue weighted by molar-refractivity contribution is -0.135. The molecule has 1 saturated heterocycles. The van der Waals surface area contributed by atoms with Crippen LogP contribution in [0, 0.1) is 0 Å². The number of hydrogen-bond donors (Lipinski definition) is 0. The van der Waals surface area contributed by atoms with E-state index in [2.05, 4.69) is 11.8 Å². The zero-order valence-corrected chi connectivity index (χ0v) is 14.1. The first-order valence-electron chi connectivity index (χ1n) is 8.23. The molecule has 24 heavy (non-hydrogen) atoms. The van der Waals surface area contributed by atoms with Crippen molar-refractivity contribution >= 4 is 6.29 Å². The molecule has 0 aromatic heterocycles. The molecule has 0 bridgehead atoms. The van der Waals surface area contributed by atoms with Crippen molar-refractivity contribution in [3.8, 4) is 5.75 Å². The second kappa shape index (κ2) is 7.60. The van der Waals surface area contributed by atoms with Gasteiger partial charge in [-0.25, -0.2) is 0 Å². The summed E-state index contributed by atoms with van der Waals surface area (Å²) in [5, 5.41) is 0. The van der Waals surface area contributed by atoms with Crippen molar-refractivity contribution in [2.24, 2.45) is 0 Å². The Labute approximate surface area is 143 Å². The molecule has 1 heterocycles. The fourth-order valence-electron chi connectivity index (χ4n) is 3.19. The van der Waals surface area contributed by atoms with Gasteiger partial charge in [0.15, 0.2) is 0 Å². The Hall–Kier alpha value is -2.17. The normalized spacial score (nSPS) is 24.5. The van der Waals surface area contributed by atoms with E-state index in [9.17, 15) is 4.79 Å². The summed E-state index contributed by atoms with van der Waals surface area (Å²) in [6.45, 7) is 3.42. The zero-order valence-electron chi connectivity index (χ0n) is 14.1. The molecular formula is C20H23NO3. The first-order chi connectivity index (χ1) is 11.7. The van der Waals surface area contributed by atoms with Crippen LogP contribution in [0.5, 0.6) is 5.75 Å². The average Bonchev–Trinajstić information content (AvgIpc) is 2.64. The van der Waals surface area contributed by atoms with Crippen LogP contribution in [0.3, 0.4) is 0 Å². The van der Waals surface area contributed by atoms with Crippen LogP contribution in [-0.4, -0.2) is 37.0 Å². The van der Waals surface area contributed by atoms with Crippen molar-refractivity contribution < 1.29 is 14.3 Å². The molecular weight excluding hydrogens is 302 g/mol. The van der Waals surface area contributed by atoms with E-state index < -0.39 is 0 Å².